The molecule has 0 aliphatic carbocycles. The molecule has 0 unspecified atom stereocenters. The predicted octanol–water partition coefficient (Wildman–Crippen LogP) is 1.25. The number of fused-ring (bicyclic) bond motifs is 1. The zero-order valence-electron chi connectivity index (χ0n) is 7.23. The van der Waals surface area contributed by atoms with Crippen LogP contribution in [-0.4, -0.2) is 25.5 Å². The molecule has 14 heavy (non-hydrogen) atoms. The van der Waals surface area contributed by atoms with Crippen LogP contribution in [0.4, 0.5) is 0 Å². The van der Waals surface area contributed by atoms with Crippen LogP contribution < -0.4 is 4.43 Å². The summed E-state index contributed by atoms with van der Waals surface area (Å²) in [5.74, 6) is 0.736. The van der Waals surface area contributed by atoms with Gasteiger partial charge in [0.05, 0.1) is 0 Å². The molecule has 0 aliphatic heterocycles. The maximum atomic E-state index is 5.36. The van der Waals surface area contributed by atoms with Crippen LogP contribution in [0.5, 0.6) is 5.75 Å². The van der Waals surface area contributed by atoms with Crippen molar-refractivity contribution in [3.63, 3.8) is 0 Å². The molecule has 1 aromatic heterocycles. The molecule has 0 fully saturated rings. The van der Waals surface area contributed by atoms with E-state index in [1.165, 1.54) is 0 Å². The quantitative estimate of drug-likeness (QED) is 0.724. The lowest BCUT2D eigenvalue weighted by Gasteiger charge is -2.05. The molecule has 0 spiro atoms. The zero-order valence-corrected chi connectivity index (χ0v) is 9.23. The second kappa shape index (κ2) is 4.36. The van der Waals surface area contributed by atoms with E-state index in [0.717, 1.165) is 16.7 Å². The van der Waals surface area contributed by atoms with Crippen LogP contribution in [0.25, 0.3) is 10.9 Å². The second-order valence-electron chi connectivity index (χ2n) is 2.62. The molecule has 1 aromatic carbocycles. The standard InChI is InChI=1S/C9H6NO2Si2/c13-12-14-11-8-5-1-3-7-4-2-6-10-9(7)8/h1-6H. The molecule has 3 nitrogen and oxygen atoms in total. The summed E-state index contributed by atoms with van der Waals surface area (Å²) in [5, 5.41) is 1.06. The van der Waals surface area contributed by atoms with E-state index in [-0.39, 0.29) is 10.0 Å². The summed E-state index contributed by atoms with van der Waals surface area (Å²) >= 11 is 0. The first kappa shape index (κ1) is 9.38. The highest BCUT2D eigenvalue weighted by atomic mass is 28.3. The number of pyridine rings is 1. The smallest absolute Gasteiger partial charge is 0.509 e. The van der Waals surface area contributed by atoms with E-state index in [1.54, 1.807) is 6.20 Å². The summed E-state index contributed by atoms with van der Waals surface area (Å²) in [6.07, 6.45) is 1.74. The Kier molecular flexibility index (Phi) is 2.92. The second-order valence-corrected chi connectivity index (χ2v) is 3.81. The minimum Gasteiger partial charge on any atom is -0.516 e. The van der Waals surface area contributed by atoms with Crippen molar-refractivity contribution in [1.82, 2.24) is 4.98 Å². The van der Waals surface area contributed by atoms with E-state index in [1.807, 2.05) is 30.3 Å². The first-order valence-corrected chi connectivity index (χ1v) is 5.22. The fraction of sp³-hybridized carbons (Fsp3) is 0. The highest BCUT2D eigenvalue weighted by molar-refractivity contribution is 6.28. The predicted molar refractivity (Wildman–Crippen MR) is 55.0 cm³/mol. The van der Waals surface area contributed by atoms with Crippen molar-refractivity contribution in [2.24, 2.45) is 0 Å². The zero-order chi connectivity index (χ0) is 9.80. The van der Waals surface area contributed by atoms with Crippen LogP contribution in [0.3, 0.4) is 0 Å². The Balaban J connectivity index is 2.43. The van der Waals surface area contributed by atoms with Gasteiger partial charge >= 0.3 is 10.0 Å². The molecular weight excluding hydrogens is 210 g/mol. The van der Waals surface area contributed by atoms with E-state index in [9.17, 15) is 0 Å². The molecule has 0 aliphatic rings. The van der Waals surface area contributed by atoms with Crippen LogP contribution in [0.15, 0.2) is 36.5 Å². The Labute approximate surface area is 87.7 Å². The number of hydrogen-bond acceptors (Lipinski definition) is 3. The number of benzene rings is 1. The van der Waals surface area contributed by atoms with Crippen molar-refractivity contribution >= 4 is 31.4 Å². The Bertz CT molecular complexity index is 431. The summed E-state index contributed by atoms with van der Waals surface area (Å²) in [6.45, 7) is 0. The van der Waals surface area contributed by atoms with Gasteiger partial charge in [0.15, 0.2) is 0 Å². The van der Waals surface area contributed by atoms with Crippen LogP contribution in [-0.2, 0) is 4.12 Å². The number of aromatic nitrogens is 1. The third-order valence-corrected chi connectivity index (χ3v) is 2.43. The SMILES string of the molecule is [Si]O[Si]Oc1cccc2cccnc12. The highest BCUT2D eigenvalue weighted by Gasteiger charge is 2.02. The molecular formula is C9H6NO2Si2. The van der Waals surface area contributed by atoms with Gasteiger partial charge in [-0.05, 0) is 12.1 Å². The summed E-state index contributed by atoms with van der Waals surface area (Å²) in [4.78, 5) is 4.24. The first-order chi connectivity index (χ1) is 6.92. The van der Waals surface area contributed by atoms with E-state index < -0.39 is 0 Å². The van der Waals surface area contributed by atoms with Crippen LogP contribution in [0.1, 0.15) is 0 Å². The van der Waals surface area contributed by atoms with Crippen molar-refractivity contribution in [2.45, 2.75) is 0 Å². The molecule has 5 heteroatoms. The summed E-state index contributed by atoms with van der Waals surface area (Å²) < 4.78 is 10.0. The highest BCUT2D eigenvalue weighted by Crippen LogP contribution is 2.22. The molecule has 0 bridgehead atoms. The van der Waals surface area contributed by atoms with Gasteiger partial charge in [-0.3, -0.25) is 4.98 Å². The van der Waals surface area contributed by atoms with Crippen molar-refractivity contribution in [1.29, 1.82) is 0 Å². The largest absolute Gasteiger partial charge is 0.516 e. The van der Waals surface area contributed by atoms with Crippen molar-refractivity contribution in [3.8, 4) is 5.75 Å². The Hall–Kier alpha value is -1.18. The van der Waals surface area contributed by atoms with Gasteiger partial charge in [-0.15, -0.1) is 0 Å². The van der Waals surface area contributed by atoms with E-state index in [2.05, 4.69) is 19.6 Å². The third-order valence-electron chi connectivity index (χ3n) is 1.79. The number of hydrogen-bond donors (Lipinski definition) is 0. The molecule has 0 N–H and O–H groups in total. The molecule has 2 rings (SSSR count). The molecule has 0 saturated carbocycles. The summed E-state index contributed by atoms with van der Waals surface area (Å²) in [7, 11) is 2.81. The number of nitrogens with zero attached hydrogens (tertiary/aromatic N) is 1. The van der Waals surface area contributed by atoms with Gasteiger partial charge < -0.3 is 8.54 Å². The monoisotopic (exact) mass is 216 g/mol. The lowest BCUT2D eigenvalue weighted by atomic mass is 10.2. The maximum Gasteiger partial charge on any atom is 0.509 e. The van der Waals surface area contributed by atoms with Gasteiger partial charge in [-0.25, -0.2) is 0 Å². The van der Waals surface area contributed by atoms with Crippen molar-refractivity contribution in [2.75, 3.05) is 0 Å². The average Bonchev–Trinajstić information content (AvgIpc) is 2.26. The minimum atomic E-state index is -0.0708. The van der Waals surface area contributed by atoms with Gasteiger partial charge in [-0.1, -0.05) is 18.2 Å². The normalized spacial score (nSPS) is 10.4. The van der Waals surface area contributed by atoms with Crippen LogP contribution in [0, 0.1) is 0 Å². The van der Waals surface area contributed by atoms with Gasteiger partial charge in [0, 0.05) is 11.6 Å². The van der Waals surface area contributed by atoms with E-state index in [0.29, 0.717) is 0 Å². The molecule has 2 aromatic rings. The Morgan fingerprint density at radius 1 is 1.21 bits per heavy atom. The summed E-state index contributed by atoms with van der Waals surface area (Å²) in [5.41, 5.74) is 0.853. The van der Waals surface area contributed by atoms with Crippen LogP contribution >= 0.6 is 0 Å². The molecule has 67 valence electrons. The fourth-order valence-electron chi connectivity index (χ4n) is 1.22. The first-order valence-electron chi connectivity index (χ1n) is 4.00. The summed E-state index contributed by atoms with van der Waals surface area (Å²) in [6, 6.07) is 9.68. The van der Waals surface area contributed by atoms with Gasteiger partial charge in [0.1, 0.15) is 11.3 Å². The number of para-hydroxylation sites is 1. The van der Waals surface area contributed by atoms with Gasteiger partial charge in [-0.2, -0.15) is 0 Å². The molecule has 1 heterocycles. The molecule has 0 saturated heterocycles. The van der Waals surface area contributed by atoms with Gasteiger partial charge in [0.25, 0.3) is 0 Å². The van der Waals surface area contributed by atoms with Gasteiger partial charge in [0.2, 0.25) is 10.5 Å². The van der Waals surface area contributed by atoms with Crippen molar-refractivity contribution < 1.29 is 8.54 Å². The molecule has 0 atom stereocenters. The third kappa shape index (κ3) is 1.84. The fourth-order valence-corrected chi connectivity index (χ4v) is 1.65. The topological polar surface area (TPSA) is 31.4 Å². The molecule has 0 amide bonds. The van der Waals surface area contributed by atoms with Crippen LogP contribution in [0.2, 0.25) is 0 Å². The Morgan fingerprint density at radius 3 is 2.93 bits per heavy atom. The van der Waals surface area contributed by atoms with Crippen molar-refractivity contribution in [3.05, 3.63) is 36.5 Å². The minimum absolute atomic E-state index is 0.0708. The Morgan fingerprint density at radius 2 is 2.07 bits per heavy atom. The molecule has 5 radical (unpaired) electrons. The number of rotatable bonds is 3. The van der Waals surface area contributed by atoms with E-state index >= 15 is 0 Å². The lowest BCUT2D eigenvalue weighted by Crippen LogP contribution is -2.05. The lowest BCUT2D eigenvalue weighted by molar-refractivity contribution is 0.485. The van der Waals surface area contributed by atoms with E-state index in [4.69, 9.17) is 4.43 Å². The maximum absolute atomic E-state index is 5.36. The average molecular weight is 216 g/mol.